The summed E-state index contributed by atoms with van der Waals surface area (Å²) in [5, 5.41) is 0. The van der Waals surface area contributed by atoms with Crippen LogP contribution in [0.3, 0.4) is 0 Å². The maximum absolute atomic E-state index is 13.4. The lowest BCUT2D eigenvalue weighted by Crippen LogP contribution is -2.23. The van der Waals surface area contributed by atoms with E-state index in [1.165, 1.54) is 36.4 Å². The van der Waals surface area contributed by atoms with Gasteiger partial charge in [0.2, 0.25) is 5.88 Å². The molecule has 4 heterocycles. The molecule has 0 amide bonds. The van der Waals surface area contributed by atoms with Crippen molar-refractivity contribution in [3.05, 3.63) is 177 Å². The molecule has 0 fully saturated rings. The monoisotopic (exact) mass is 759 g/mol. The maximum atomic E-state index is 13.4. The van der Waals surface area contributed by atoms with E-state index in [9.17, 15) is 26.3 Å². The van der Waals surface area contributed by atoms with Crippen molar-refractivity contribution in [3.8, 4) is 23.7 Å². The average Bonchev–Trinajstić information content (AvgIpc) is 3.79. The van der Waals surface area contributed by atoms with Gasteiger partial charge in [-0.1, -0.05) is 48.2 Å². The van der Waals surface area contributed by atoms with Gasteiger partial charge in [-0.25, -0.2) is 36.3 Å². The molecular formula is C44H31F6N5O. The van der Waals surface area contributed by atoms with E-state index >= 15 is 0 Å². The van der Waals surface area contributed by atoms with Gasteiger partial charge in [-0.3, -0.25) is 0 Å². The summed E-state index contributed by atoms with van der Waals surface area (Å²) < 4.78 is 84.3. The molecule has 0 saturated carbocycles. The molecule has 2 aromatic heterocycles. The lowest BCUT2D eigenvalue weighted by atomic mass is 10.1. The van der Waals surface area contributed by atoms with E-state index in [-0.39, 0.29) is 11.6 Å². The lowest BCUT2D eigenvalue weighted by molar-refractivity contribution is 0.405. The smallest absolute Gasteiger partial charge is 0.226 e. The normalized spacial score (nSPS) is 12.5. The summed E-state index contributed by atoms with van der Waals surface area (Å²) in [5.41, 5.74) is 5.79. The SMILES string of the molecule is Fc1ccc(CC#Cc2cc3c([nH]2)N=CN(Cc2ccc(F)c(F)c2)C3)cc1.Fc1ccc(CC#Cc2cc3c(o2)N=CN(Cc2ccc(F)c(F)c2)C3)cc1. The first-order chi connectivity index (χ1) is 27.1. The topological polar surface area (TPSA) is 60.1 Å². The minimum Gasteiger partial charge on any atom is -0.430 e. The molecular weight excluding hydrogens is 729 g/mol. The van der Waals surface area contributed by atoms with Crippen LogP contribution in [0.1, 0.15) is 44.8 Å². The highest BCUT2D eigenvalue weighted by Crippen LogP contribution is 2.29. The summed E-state index contributed by atoms with van der Waals surface area (Å²) in [6.07, 6.45) is 4.30. The number of nitrogens with zero attached hydrogens (tertiary/aromatic N) is 4. The Morgan fingerprint density at radius 3 is 1.64 bits per heavy atom. The predicted molar refractivity (Wildman–Crippen MR) is 201 cm³/mol. The second kappa shape index (κ2) is 17.0. The van der Waals surface area contributed by atoms with Crippen LogP contribution in [0.2, 0.25) is 0 Å². The predicted octanol–water partition coefficient (Wildman–Crippen LogP) is 9.67. The molecule has 280 valence electrons. The molecule has 6 nitrogen and oxygen atoms in total. The van der Waals surface area contributed by atoms with E-state index < -0.39 is 23.3 Å². The third-order valence-electron chi connectivity index (χ3n) is 8.68. The quantitative estimate of drug-likeness (QED) is 0.136. The zero-order chi connectivity index (χ0) is 39.0. The lowest BCUT2D eigenvalue weighted by Gasteiger charge is -2.22. The van der Waals surface area contributed by atoms with E-state index in [0.717, 1.165) is 45.9 Å². The third kappa shape index (κ3) is 9.78. The van der Waals surface area contributed by atoms with Crippen LogP contribution in [0.4, 0.5) is 38.0 Å². The molecule has 0 bridgehead atoms. The number of aromatic amines is 1. The summed E-state index contributed by atoms with van der Waals surface area (Å²) in [4.78, 5) is 15.6. The van der Waals surface area contributed by atoms with Crippen molar-refractivity contribution in [1.29, 1.82) is 0 Å². The average molecular weight is 760 g/mol. The first kappa shape index (κ1) is 37.4. The Morgan fingerprint density at radius 2 is 1.07 bits per heavy atom. The van der Waals surface area contributed by atoms with Crippen LogP contribution in [-0.4, -0.2) is 27.5 Å². The van der Waals surface area contributed by atoms with Crippen molar-refractivity contribution >= 4 is 24.4 Å². The second-order valence-corrected chi connectivity index (χ2v) is 13.0. The van der Waals surface area contributed by atoms with Gasteiger partial charge in [0.05, 0.1) is 18.4 Å². The van der Waals surface area contributed by atoms with E-state index in [1.807, 2.05) is 21.9 Å². The number of nitrogens with one attached hydrogen (secondary N) is 1. The fourth-order valence-corrected chi connectivity index (χ4v) is 5.90. The first-order valence-electron chi connectivity index (χ1n) is 17.4. The number of H-pyrrole nitrogens is 1. The highest BCUT2D eigenvalue weighted by atomic mass is 19.2. The molecule has 0 aliphatic carbocycles. The number of furan rings is 1. The molecule has 0 unspecified atom stereocenters. The van der Waals surface area contributed by atoms with Gasteiger partial charge in [-0.15, -0.1) is 0 Å². The minimum atomic E-state index is -0.867. The molecule has 2 aliphatic rings. The summed E-state index contributed by atoms with van der Waals surface area (Å²) in [6, 6.07) is 23.9. The summed E-state index contributed by atoms with van der Waals surface area (Å²) in [5.74, 6) is 9.83. The Labute approximate surface area is 318 Å². The van der Waals surface area contributed by atoms with Gasteiger partial charge in [0.15, 0.2) is 29.0 Å². The number of halogens is 6. The Hall–Kier alpha value is -6.92. The highest BCUT2D eigenvalue weighted by molar-refractivity contribution is 5.66. The summed E-state index contributed by atoms with van der Waals surface area (Å²) in [7, 11) is 0. The number of benzene rings is 4. The Balaban J connectivity index is 0.000000172. The van der Waals surface area contributed by atoms with Crippen molar-refractivity contribution in [1.82, 2.24) is 14.8 Å². The zero-order valence-corrected chi connectivity index (χ0v) is 29.6. The van der Waals surface area contributed by atoms with Crippen molar-refractivity contribution in [2.45, 2.75) is 39.0 Å². The molecule has 1 N–H and O–H groups in total. The van der Waals surface area contributed by atoms with Gasteiger partial charge in [0.1, 0.15) is 17.5 Å². The number of hydrogen-bond acceptors (Lipinski definition) is 5. The molecule has 2 aliphatic heterocycles. The van der Waals surface area contributed by atoms with Gasteiger partial charge >= 0.3 is 0 Å². The first-order valence-corrected chi connectivity index (χ1v) is 17.4. The van der Waals surface area contributed by atoms with Gasteiger partial charge in [0, 0.05) is 56.2 Å². The summed E-state index contributed by atoms with van der Waals surface area (Å²) in [6.45, 7) is 1.95. The van der Waals surface area contributed by atoms with Crippen molar-refractivity contribution in [3.63, 3.8) is 0 Å². The molecule has 0 atom stereocenters. The maximum Gasteiger partial charge on any atom is 0.226 e. The van der Waals surface area contributed by atoms with Crippen LogP contribution in [0.15, 0.2) is 111 Å². The largest absolute Gasteiger partial charge is 0.430 e. The highest BCUT2D eigenvalue weighted by Gasteiger charge is 2.18. The van der Waals surface area contributed by atoms with Crippen LogP contribution in [0, 0.1) is 58.6 Å². The molecule has 56 heavy (non-hydrogen) atoms. The molecule has 12 heteroatoms. The van der Waals surface area contributed by atoms with Gasteiger partial charge in [-0.05, 0) is 88.7 Å². The molecule has 0 saturated heterocycles. The fourth-order valence-electron chi connectivity index (χ4n) is 5.90. The van der Waals surface area contributed by atoms with E-state index in [2.05, 4.69) is 38.7 Å². The van der Waals surface area contributed by atoms with Crippen molar-refractivity contribution in [2.24, 2.45) is 9.98 Å². The van der Waals surface area contributed by atoms with Crippen LogP contribution in [0.5, 0.6) is 0 Å². The van der Waals surface area contributed by atoms with Crippen LogP contribution >= 0.6 is 0 Å². The van der Waals surface area contributed by atoms with Gasteiger partial charge < -0.3 is 19.2 Å². The fraction of sp³-hybridized carbons (Fsp3) is 0.136. The number of rotatable bonds is 6. The Kier molecular flexibility index (Phi) is 11.4. The summed E-state index contributed by atoms with van der Waals surface area (Å²) >= 11 is 0. The second-order valence-electron chi connectivity index (χ2n) is 13.0. The molecule has 0 spiro atoms. The van der Waals surface area contributed by atoms with E-state index in [1.54, 1.807) is 49.1 Å². The van der Waals surface area contributed by atoms with Crippen LogP contribution in [0.25, 0.3) is 0 Å². The minimum absolute atomic E-state index is 0.264. The Morgan fingerprint density at radius 1 is 0.554 bits per heavy atom. The standard InChI is InChI=1S/C22H16F3N3.C22H15F3N2O/c23-18-7-4-15(5-8-18)2-1-3-19-11-17-13-28(14-26-22(17)27-19)12-16-6-9-20(24)21(25)10-16;23-18-7-4-15(5-8-18)2-1-3-19-11-17-13-27(14-26-22(17)28-19)12-16-6-9-20(24)21(25)10-16/h4-11,14,27H,2,12-13H2;4-11,14H,2,12-13H2. The molecule has 8 rings (SSSR count). The zero-order valence-electron chi connectivity index (χ0n) is 29.6. The van der Waals surface area contributed by atoms with Crippen molar-refractivity contribution < 1.29 is 30.8 Å². The van der Waals surface area contributed by atoms with Crippen molar-refractivity contribution in [2.75, 3.05) is 0 Å². The Bertz CT molecular complexity index is 2360. The molecule has 0 radical (unpaired) electrons. The van der Waals surface area contributed by atoms with Gasteiger partial charge in [0.25, 0.3) is 0 Å². The third-order valence-corrected chi connectivity index (χ3v) is 8.68. The number of aliphatic imine (C=N–C) groups is 2. The molecule has 6 aromatic rings. The van der Waals surface area contributed by atoms with E-state index in [0.29, 0.717) is 61.8 Å². The number of aromatic nitrogens is 1. The number of fused-ring (bicyclic) bond motifs is 2. The van der Waals surface area contributed by atoms with Crippen LogP contribution < -0.4 is 0 Å². The van der Waals surface area contributed by atoms with Crippen LogP contribution in [-0.2, 0) is 39.0 Å². The number of hydrogen-bond donors (Lipinski definition) is 1. The molecule has 4 aromatic carbocycles. The van der Waals surface area contributed by atoms with E-state index in [4.69, 9.17) is 4.42 Å². The van der Waals surface area contributed by atoms with Gasteiger partial charge in [-0.2, -0.15) is 0 Å².